The van der Waals surface area contributed by atoms with Crippen LogP contribution in [0.3, 0.4) is 0 Å². The monoisotopic (exact) mass is 509 g/mol. The summed E-state index contributed by atoms with van der Waals surface area (Å²) in [5.74, 6) is 0. The van der Waals surface area contributed by atoms with Crippen LogP contribution in [0.1, 0.15) is 22.2 Å². The molecule has 2 heterocycles. The first kappa shape index (κ1) is 18.3. The van der Waals surface area contributed by atoms with E-state index in [2.05, 4.69) is 51.4 Å². The third-order valence-electron chi connectivity index (χ3n) is 4.87. The van der Waals surface area contributed by atoms with Gasteiger partial charge >= 0.3 is 6.03 Å². The molecule has 1 aromatic heterocycles. The molecule has 2 N–H and O–H groups in total. The van der Waals surface area contributed by atoms with Gasteiger partial charge < -0.3 is 10.6 Å². The van der Waals surface area contributed by atoms with E-state index in [-0.39, 0.29) is 12.1 Å². The number of nitrogens with one attached hydrogen (secondary N) is 2. The summed E-state index contributed by atoms with van der Waals surface area (Å²) >= 11 is 3.97. The van der Waals surface area contributed by atoms with E-state index in [4.69, 9.17) is 4.98 Å². The van der Waals surface area contributed by atoms with Gasteiger partial charge in [0.2, 0.25) is 0 Å². The molecule has 0 radical (unpaired) electrons. The van der Waals surface area contributed by atoms with Crippen LogP contribution in [-0.2, 0) is 0 Å². The highest BCUT2D eigenvalue weighted by Gasteiger charge is 2.32. The van der Waals surface area contributed by atoms with Crippen LogP contribution in [-0.4, -0.2) is 11.0 Å². The first-order chi connectivity index (χ1) is 14.2. The van der Waals surface area contributed by atoms with Crippen LogP contribution in [0.15, 0.2) is 78.9 Å². The molecule has 4 nitrogen and oxygen atoms in total. The average molecular weight is 509 g/mol. The predicted octanol–water partition coefficient (Wildman–Crippen LogP) is 5.82. The zero-order valence-corrected chi connectivity index (χ0v) is 18.2. The Balaban J connectivity index is 1.79. The number of para-hydroxylation sites is 1. The molecule has 0 spiro atoms. The summed E-state index contributed by atoms with van der Waals surface area (Å²) in [5.41, 5.74) is 4.78. The Morgan fingerprint density at radius 3 is 2.41 bits per heavy atom. The largest absolute Gasteiger partial charge is 0.327 e. The Morgan fingerprint density at radius 1 is 0.897 bits per heavy atom. The average Bonchev–Trinajstić information content (AvgIpc) is 3.18. The molecule has 0 bridgehead atoms. The van der Waals surface area contributed by atoms with Gasteiger partial charge in [0.05, 0.1) is 22.0 Å². The zero-order chi connectivity index (χ0) is 19.8. The molecule has 29 heavy (non-hydrogen) atoms. The minimum Gasteiger partial charge on any atom is -0.327 e. The number of thiazole rings is 1. The molecule has 0 saturated carbocycles. The van der Waals surface area contributed by atoms with Crippen LogP contribution in [0.5, 0.6) is 0 Å². The normalized spacial score (nSPS) is 16.6. The van der Waals surface area contributed by atoms with Crippen molar-refractivity contribution in [3.63, 3.8) is 0 Å². The van der Waals surface area contributed by atoms with Gasteiger partial charge in [-0.1, -0.05) is 60.7 Å². The number of carbonyl (C=O) groups is 1. The van der Waals surface area contributed by atoms with Crippen LogP contribution < -0.4 is 10.6 Å². The van der Waals surface area contributed by atoms with E-state index in [0.717, 1.165) is 41.2 Å². The predicted molar refractivity (Wildman–Crippen MR) is 126 cm³/mol. The Morgan fingerprint density at radius 2 is 1.62 bits per heavy atom. The Hall–Kier alpha value is -2.71. The molecule has 1 atom stereocenters. The molecule has 0 aliphatic carbocycles. The number of fused-ring (bicyclic) bond motifs is 1. The fourth-order valence-electron chi connectivity index (χ4n) is 3.56. The second-order valence-corrected chi connectivity index (χ2v) is 8.89. The van der Waals surface area contributed by atoms with Crippen molar-refractivity contribution in [2.45, 2.75) is 6.04 Å². The lowest BCUT2D eigenvalue weighted by Gasteiger charge is -2.30. The number of nitrogens with zero attached hydrogens (tertiary/aromatic N) is 1. The lowest BCUT2D eigenvalue weighted by molar-refractivity contribution is 0.242. The van der Waals surface area contributed by atoms with E-state index in [9.17, 15) is 4.79 Å². The Bertz CT molecular complexity index is 1220. The summed E-state index contributed by atoms with van der Waals surface area (Å²) in [7, 11) is 0. The fourth-order valence-corrected chi connectivity index (χ4v) is 5.30. The minimum absolute atomic E-state index is 0.210. The second-order valence-electron chi connectivity index (χ2n) is 6.69. The summed E-state index contributed by atoms with van der Waals surface area (Å²) in [6.45, 7) is 0. The van der Waals surface area contributed by atoms with Crippen LogP contribution in [0.2, 0.25) is 0 Å². The topological polar surface area (TPSA) is 54.0 Å². The number of rotatable bonds is 3. The fraction of sp³-hybridized carbons (Fsp3) is 0.0435. The van der Waals surface area contributed by atoms with Gasteiger partial charge in [-0.05, 0) is 51.9 Å². The van der Waals surface area contributed by atoms with Gasteiger partial charge in [0.15, 0.2) is 0 Å². The molecule has 142 valence electrons. The molecule has 1 aliphatic heterocycles. The number of hydrogen-bond donors (Lipinski definition) is 2. The minimum atomic E-state index is -0.285. The van der Waals surface area contributed by atoms with E-state index in [0.29, 0.717) is 0 Å². The summed E-state index contributed by atoms with van der Waals surface area (Å²) in [5, 5.41) is 7.06. The molecular weight excluding hydrogens is 493 g/mol. The van der Waals surface area contributed by atoms with E-state index < -0.39 is 0 Å². The molecule has 3 aromatic carbocycles. The Kier molecular flexibility index (Phi) is 4.81. The first-order valence-electron chi connectivity index (χ1n) is 9.18. The number of aromatic nitrogens is 1. The molecule has 4 aromatic rings. The maximum absolute atomic E-state index is 12.6. The quantitative estimate of drug-likeness (QED) is 0.342. The first-order valence-corrected chi connectivity index (χ1v) is 11.1. The van der Waals surface area contributed by atoms with Crippen molar-refractivity contribution in [1.82, 2.24) is 15.6 Å². The summed E-state index contributed by atoms with van der Waals surface area (Å²) in [4.78, 5) is 17.5. The second kappa shape index (κ2) is 7.61. The van der Waals surface area contributed by atoms with Crippen molar-refractivity contribution in [1.29, 1.82) is 0 Å². The van der Waals surface area contributed by atoms with Gasteiger partial charge in [-0.2, -0.15) is 0 Å². The highest BCUT2D eigenvalue weighted by atomic mass is 127. The molecule has 5 rings (SSSR count). The number of halogens is 1. The molecule has 0 saturated heterocycles. The highest BCUT2D eigenvalue weighted by Crippen LogP contribution is 2.41. The standard InChI is InChI=1S/C23H16IN3OS/c24-16-11-5-4-10-15(16)21-19(22-25-17-12-6-7-13-18(17)29-22)20(26-23(28)27-21)14-8-2-1-3-9-14/h1-13,21H,(H2,26,27,28)/t21-/m0/s1. The van der Waals surface area contributed by atoms with E-state index >= 15 is 0 Å². The lowest BCUT2D eigenvalue weighted by atomic mass is 9.93. The van der Waals surface area contributed by atoms with Crippen molar-refractivity contribution < 1.29 is 4.79 Å². The lowest BCUT2D eigenvalue weighted by Crippen LogP contribution is -2.43. The summed E-state index contributed by atoms with van der Waals surface area (Å²) in [6, 6.07) is 25.7. The molecule has 1 aliphatic rings. The molecular formula is C23H16IN3OS. The number of urea groups is 1. The van der Waals surface area contributed by atoms with Gasteiger partial charge in [-0.25, -0.2) is 9.78 Å². The van der Waals surface area contributed by atoms with Gasteiger partial charge in [-0.3, -0.25) is 0 Å². The summed E-state index contributed by atoms with van der Waals surface area (Å²) in [6.07, 6.45) is 0. The Labute approximate surface area is 185 Å². The van der Waals surface area contributed by atoms with Crippen molar-refractivity contribution in [2.75, 3.05) is 0 Å². The third kappa shape index (κ3) is 3.42. The maximum Gasteiger partial charge on any atom is 0.320 e. The van der Waals surface area contributed by atoms with Crippen molar-refractivity contribution >= 4 is 61.4 Å². The third-order valence-corrected chi connectivity index (χ3v) is 6.93. The van der Waals surface area contributed by atoms with Gasteiger partial charge in [0, 0.05) is 9.14 Å². The van der Waals surface area contributed by atoms with Crippen LogP contribution in [0.4, 0.5) is 4.79 Å². The summed E-state index contributed by atoms with van der Waals surface area (Å²) < 4.78 is 2.23. The van der Waals surface area contributed by atoms with Crippen molar-refractivity contribution in [3.05, 3.63) is 98.6 Å². The SMILES string of the molecule is O=C1NC(c2ccccc2)=C(c2nc3ccccc3s2)[C@H](c2ccccc2I)N1. The van der Waals surface area contributed by atoms with E-state index in [1.54, 1.807) is 11.3 Å². The zero-order valence-electron chi connectivity index (χ0n) is 15.2. The smallest absolute Gasteiger partial charge is 0.320 e. The molecule has 2 amide bonds. The van der Waals surface area contributed by atoms with E-state index in [1.165, 1.54) is 0 Å². The molecule has 0 unspecified atom stereocenters. The van der Waals surface area contributed by atoms with Gasteiger partial charge in [0.1, 0.15) is 5.01 Å². The molecule has 0 fully saturated rings. The van der Waals surface area contributed by atoms with Crippen molar-refractivity contribution in [3.8, 4) is 0 Å². The number of amides is 2. The number of hydrogen-bond acceptors (Lipinski definition) is 3. The number of carbonyl (C=O) groups excluding carboxylic acids is 1. The van der Waals surface area contributed by atoms with Gasteiger partial charge in [0.25, 0.3) is 0 Å². The van der Waals surface area contributed by atoms with Crippen LogP contribution in [0.25, 0.3) is 21.5 Å². The maximum atomic E-state index is 12.6. The molecule has 6 heteroatoms. The highest BCUT2D eigenvalue weighted by molar-refractivity contribution is 14.1. The van der Waals surface area contributed by atoms with Crippen molar-refractivity contribution in [2.24, 2.45) is 0 Å². The van der Waals surface area contributed by atoms with Crippen LogP contribution in [0, 0.1) is 3.57 Å². The van der Waals surface area contributed by atoms with Crippen LogP contribution >= 0.6 is 33.9 Å². The van der Waals surface area contributed by atoms with E-state index in [1.807, 2.05) is 60.7 Å². The number of benzene rings is 3. The van der Waals surface area contributed by atoms with Gasteiger partial charge in [-0.15, -0.1) is 11.3 Å².